The molecule has 0 saturated carbocycles. The van der Waals surface area contributed by atoms with Crippen molar-refractivity contribution < 1.29 is 14.3 Å². The van der Waals surface area contributed by atoms with Gasteiger partial charge in [0.1, 0.15) is 5.75 Å². The van der Waals surface area contributed by atoms with Crippen LogP contribution in [-0.4, -0.2) is 50.6 Å². The molecule has 0 radical (unpaired) electrons. The summed E-state index contributed by atoms with van der Waals surface area (Å²) in [4.78, 5) is 14.9. The summed E-state index contributed by atoms with van der Waals surface area (Å²) in [6.07, 6.45) is 0.518. The molecule has 0 unspecified atom stereocenters. The first kappa shape index (κ1) is 17.0. The van der Waals surface area contributed by atoms with Crippen LogP contribution in [-0.2, 0) is 10.2 Å². The number of methoxy groups -OCH3 is 1. The van der Waals surface area contributed by atoms with Crippen LogP contribution in [0, 0.1) is 0 Å². The number of nitrogens with zero attached hydrogens (tertiary/aromatic N) is 1. The fourth-order valence-corrected chi connectivity index (χ4v) is 2.61. The maximum atomic E-state index is 12.6. The average Bonchev–Trinajstić information content (AvgIpc) is 2.52. The first-order valence-electron chi connectivity index (χ1n) is 7.93. The van der Waals surface area contributed by atoms with Crippen molar-refractivity contribution in [3.05, 3.63) is 29.3 Å². The van der Waals surface area contributed by atoms with E-state index in [1.807, 2.05) is 18.2 Å². The third-order valence-electron chi connectivity index (χ3n) is 4.12. The highest BCUT2D eigenvalue weighted by Crippen LogP contribution is 2.28. The molecule has 0 aliphatic carbocycles. The van der Waals surface area contributed by atoms with E-state index in [0.717, 1.165) is 38.4 Å². The van der Waals surface area contributed by atoms with Crippen LogP contribution in [0.1, 0.15) is 43.1 Å². The molecule has 0 spiro atoms. The van der Waals surface area contributed by atoms with Crippen LogP contribution >= 0.6 is 0 Å². The Kier molecular flexibility index (Phi) is 5.59. The lowest BCUT2D eigenvalue weighted by molar-refractivity contribution is 0.0370. The number of benzene rings is 1. The summed E-state index contributed by atoms with van der Waals surface area (Å²) in [6.45, 7) is 10.6. The molecule has 22 heavy (non-hydrogen) atoms. The van der Waals surface area contributed by atoms with Gasteiger partial charge in [0.2, 0.25) is 0 Å². The number of rotatable bonds is 5. The lowest BCUT2D eigenvalue weighted by atomic mass is 9.85. The van der Waals surface area contributed by atoms with Gasteiger partial charge in [0.05, 0.1) is 25.9 Å². The molecule has 0 bridgehead atoms. The molecule has 0 N–H and O–H groups in total. The highest BCUT2D eigenvalue weighted by Gasteiger charge is 2.20. The fraction of sp³-hybridized carbons (Fsp3) is 0.611. The molecule has 1 aliphatic heterocycles. The molecule has 122 valence electrons. The molecule has 1 heterocycles. The van der Waals surface area contributed by atoms with E-state index in [2.05, 4.69) is 25.7 Å². The van der Waals surface area contributed by atoms with Crippen LogP contribution < -0.4 is 4.74 Å². The molecule has 4 nitrogen and oxygen atoms in total. The van der Waals surface area contributed by atoms with Gasteiger partial charge in [-0.05, 0) is 23.1 Å². The molecule has 1 aromatic carbocycles. The minimum absolute atomic E-state index is 0.0194. The van der Waals surface area contributed by atoms with Crippen molar-refractivity contribution in [2.45, 2.75) is 32.6 Å². The van der Waals surface area contributed by atoms with Gasteiger partial charge in [0.15, 0.2) is 5.78 Å². The quantitative estimate of drug-likeness (QED) is 0.784. The van der Waals surface area contributed by atoms with E-state index in [0.29, 0.717) is 17.7 Å². The third-order valence-corrected chi connectivity index (χ3v) is 4.12. The van der Waals surface area contributed by atoms with Gasteiger partial charge in [-0.1, -0.05) is 26.8 Å². The number of carbonyl (C=O) groups excluding carboxylic acids is 1. The van der Waals surface area contributed by atoms with Gasteiger partial charge in [0.25, 0.3) is 0 Å². The number of ketones is 1. The molecule has 4 heteroatoms. The molecule has 2 rings (SSSR count). The summed E-state index contributed by atoms with van der Waals surface area (Å²) in [5, 5.41) is 0. The van der Waals surface area contributed by atoms with Gasteiger partial charge in [-0.3, -0.25) is 9.69 Å². The molecular formula is C18H27NO3. The van der Waals surface area contributed by atoms with Crippen LogP contribution in [0.25, 0.3) is 0 Å². The number of hydrogen-bond acceptors (Lipinski definition) is 4. The molecule has 1 saturated heterocycles. The Morgan fingerprint density at radius 1 is 1.27 bits per heavy atom. The smallest absolute Gasteiger partial charge is 0.167 e. The van der Waals surface area contributed by atoms with Crippen molar-refractivity contribution in [1.82, 2.24) is 4.90 Å². The second kappa shape index (κ2) is 7.25. The third kappa shape index (κ3) is 4.31. The Hall–Kier alpha value is -1.39. The van der Waals surface area contributed by atoms with Crippen molar-refractivity contribution in [2.24, 2.45) is 0 Å². The highest BCUT2D eigenvalue weighted by atomic mass is 16.5. The summed E-state index contributed by atoms with van der Waals surface area (Å²) < 4.78 is 10.7. The van der Waals surface area contributed by atoms with Crippen molar-refractivity contribution in [1.29, 1.82) is 0 Å². The summed E-state index contributed by atoms with van der Waals surface area (Å²) in [6, 6.07) is 5.93. The van der Waals surface area contributed by atoms with Crippen molar-refractivity contribution >= 4 is 5.78 Å². The Labute approximate surface area is 133 Å². The van der Waals surface area contributed by atoms with E-state index in [1.54, 1.807) is 7.11 Å². The number of carbonyl (C=O) groups is 1. The Balaban J connectivity index is 2.09. The van der Waals surface area contributed by atoms with E-state index in [1.165, 1.54) is 0 Å². The van der Waals surface area contributed by atoms with E-state index in [-0.39, 0.29) is 11.2 Å². The highest BCUT2D eigenvalue weighted by molar-refractivity contribution is 5.99. The van der Waals surface area contributed by atoms with E-state index < -0.39 is 0 Å². The van der Waals surface area contributed by atoms with Crippen molar-refractivity contribution in [3.63, 3.8) is 0 Å². The SMILES string of the molecule is COc1ccc(C(C)(C)C)cc1C(=O)CCN1CCOCC1. The van der Waals surface area contributed by atoms with Gasteiger partial charge < -0.3 is 9.47 Å². The summed E-state index contributed by atoms with van der Waals surface area (Å²) in [7, 11) is 1.62. The lowest BCUT2D eigenvalue weighted by Crippen LogP contribution is -2.37. The topological polar surface area (TPSA) is 38.8 Å². The summed E-state index contributed by atoms with van der Waals surface area (Å²) in [5.41, 5.74) is 1.87. The molecule has 0 atom stereocenters. The van der Waals surface area contributed by atoms with Crippen molar-refractivity contribution in [2.75, 3.05) is 40.0 Å². The maximum Gasteiger partial charge on any atom is 0.167 e. The maximum absolute atomic E-state index is 12.6. The Bertz CT molecular complexity index is 514. The largest absolute Gasteiger partial charge is 0.496 e. The minimum Gasteiger partial charge on any atom is -0.496 e. The molecule has 0 aromatic heterocycles. The predicted octanol–water partition coefficient (Wildman–Crippen LogP) is 2.90. The van der Waals surface area contributed by atoms with Crippen LogP contribution in [0.4, 0.5) is 0 Å². The number of hydrogen-bond donors (Lipinski definition) is 0. The predicted molar refractivity (Wildman–Crippen MR) is 87.9 cm³/mol. The van der Waals surface area contributed by atoms with Gasteiger partial charge in [-0.2, -0.15) is 0 Å². The fourth-order valence-electron chi connectivity index (χ4n) is 2.61. The molecule has 1 fully saturated rings. The van der Waals surface area contributed by atoms with E-state index in [4.69, 9.17) is 9.47 Å². The summed E-state index contributed by atoms with van der Waals surface area (Å²) >= 11 is 0. The zero-order chi connectivity index (χ0) is 16.2. The standard InChI is InChI=1S/C18H27NO3/c1-18(2,3)14-5-6-17(21-4)15(13-14)16(20)7-8-19-9-11-22-12-10-19/h5-6,13H,7-12H2,1-4H3. The zero-order valence-electron chi connectivity index (χ0n) is 14.1. The van der Waals surface area contributed by atoms with Crippen molar-refractivity contribution in [3.8, 4) is 5.75 Å². The molecule has 1 aliphatic rings. The zero-order valence-corrected chi connectivity index (χ0v) is 14.1. The molecular weight excluding hydrogens is 278 g/mol. The van der Waals surface area contributed by atoms with Gasteiger partial charge in [-0.25, -0.2) is 0 Å². The second-order valence-electron chi connectivity index (χ2n) is 6.79. The summed E-state index contributed by atoms with van der Waals surface area (Å²) in [5.74, 6) is 0.814. The van der Waals surface area contributed by atoms with E-state index in [9.17, 15) is 4.79 Å². The Morgan fingerprint density at radius 3 is 2.55 bits per heavy atom. The minimum atomic E-state index is 0.0194. The molecule has 0 amide bonds. The van der Waals surface area contributed by atoms with Gasteiger partial charge >= 0.3 is 0 Å². The van der Waals surface area contributed by atoms with Gasteiger partial charge in [0, 0.05) is 26.1 Å². The number of morpholine rings is 1. The first-order chi connectivity index (χ1) is 10.4. The second-order valence-corrected chi connectivity index (χ2v) is 6.79. The lowest BCUT2D eigenvalue weighted by Gasteiger charge is -2.26. The first-order valence-corrected chi connectivity index (χ1v) is 7.93. The number of Topliss-reactive ketones (excluding diaryl/α,β-unsaturated/α-hetero) is 1. The number of ether oxygens (including phenoxy) is 2. The van der Waals surface area contributed by atoms with Gasteiger partial charge in [-0.15, -0.1) is 0 Å². The molecule has 1 aromatic rings. The Morgan fingerprint density at radius 2 is 1.95 bits per heavy atom. The average molecular weight is 305 g/mol. The van der Waals surface area contributed by atoms with Crippen LogP contribution in [0.15, 0.2) is 18.2 Å². The monoisotopic (exact) mass is 305 g/mol. The van der Waals surface area contributed by atoms with Crippen LogP contribution in [0.2, 0.25) is 0 Å². The van der Waals surface area contributed by atoms with E-state index >= 15 is 0 Å². The van der Waals surface area contributed by atoms with Crippen LogP contribution in [0.3, 0.4) is 0 Å². The normalized spacial score (nSPS) is 16.5. The van der Waals surface area contributed by atoms with Crippen LogP contribution in [0.5, 0.6) is 5.75 Å².